The number of allylic oxidation sites excluding steroid dienone is 3. The van der Waals surface area contributed by atoms with Crippen molar-refractivity contribution >= 4 is 11.8 Å². The second kappa shape index (κ2) is 8.11. The molecule has 1 saturated heterocycles. The van der Waals surface area contributed by atoms with Gasteiger partial charge in [-0.05, 0) is 38.1 Å². The molecule has 0 radical (unpaired) electrons. The summed E-state index contributed by atoms with van der Waals surface area (Å²) in [5, 5.41) is 0. The van der Waals surface area contributed by atoms with E-state index in [0.717, 1.165) is 31.2 Å². The predicted molar refractivity (Wildman–Crippen MR) is 91.3 cm³/mol. The van der Waals surface area contributed by atoms with E-state index in [9.17, 15) is 0 Å². The third-order valence-corrected chi connectivity index (χ3v) is 4.00. The number of rotatable bonds is 5. The zero-order valence-electron chi connectivity index (χ0n) is 12.8. The molecule has 1 heterocycles. The molecule has 0 atom stereocenters. The van der Waals surface area contributed by atoms with Crippen LogP contribution in [0.4, 0.5) is 0 Å². The van der Waals surface area contributed by atoms with E-state index in [1.54, 1.807) is 11.8 Å². The average Bonchev–Trinajstić information content (AvgIpc) is 2.48. The van der Waals surface area contributed by atoms with Crippen LogP contribution in [0.25, 0.3) is 0 Å². The average molecular weight is 301 g/mol. The maximum atomic E-state index is 5.44. The van der Waals surface area contributed by atoms with E-state index in [4.69, 9.17) is 4.74 Å². The normalized spacial score (nSPS) is 15.7. The van der Waals surface area contributed by atoms with Crippen LogP contribution in [0.2, 0.25) is 0 Å². The van der Waals surface area contributed by atoms with Crippen LogP contribution >= 0.6 is 11.8 Å². The highest BCUT2D eigenvalue weighted by atomic mass is 32.2. The Balaban J connectivity index is 2.11. The SMILES string of the molecule is C=C(/C=C(\C=C(C)C)N1CCOCC1)Sc1ccccc1. The van der Waals surface area contributed by atoms with Crippen LogP contribution in [0.15, 0.2) is 70.1 Å². The molecular weight excluding hydrogens is 278 g/mol. The first-order valence-electron chi connectivity index (χ1n) is 7.26. The lowest BCUT2D eigenvalue weighted by Gasteiger charge is -2.30. The first-order chi connectivity index (χ1) is 10.1. The summed E-state index contributed by atoms with van der Waals surface area (Å²) >= 11 is 1.70. The number of morpholine rings is 1. The summed E-state index contributed by atoms with van der Waals surface area (Å²) < 4.78 is 5.44. The van der Waals surface area contributed by atoms with Crippen molar-refractivity contribution in [2.75, 3.05) is 26.3 Å². The van der Waals surface area contributed by atoms with Gasteiger partial charge in [-0.3, -0.25) is 0 Å². The minimum Gasteiger partial charge on any atom is -0.378 e. The molecule has 0 aromatic heterocycles. The molecule has 0 spiro atoms. The number of thioether (sulfide) groups is 1. The van der Waals surface area contributed by atoms with Gasteiger partial charge >= 0.3 is 0 Å². The Hall–Kier alpha value is -1.45. The molecule has 2 nitrogen and oxygen atoms in total. The van der Waals surface area contributed by atoms with Gasteiger partial charge in [0.1, 0.15) is 0 Å². The lowest BCUT2D eigenvalue weighted by atomic mass is 10.2. The van der Waals surface area contributed by atoms with Crippen molar-refractivity contribution in [3.05, 3.63) is 65.2 Å². The van der Waals surface area contributed by atoms with E-state index >= 15 is 0 Å². The molecule has 1 aliphatic heterocycles. The quantitative estimate of drug-likeness (QED) is 0.588. The zero-order valence-corrected chi connectivity index (χ0v) is 13.7. The van der Waals surface area contributed by atoms with Crippen molar-refractivity contribution in [2.24, 2.45) is 0 Å². The number of hydrogen-bond donors (Lipinski definition) is 0. The molecule has 3 heteroatoms. The highest BCUT2D eigenvalue weighted by Crippen LogP contribution is 2.27. The Morgan fingerprint density at radius 1 is 1.14 bits per heavy atom. The van der Waals surface area contributed by atoms with Gasteiger partial charge in [-0.2, -0.15) is 0 Å². The maximum absolute atomic E-state index is 5.44. The molecule has 0 aliphatic carbocycles. The molecule has 1 aromatic carbocycles. The van der Waals surface area contributed by atoms with Crippen LogP contribution in [-0.4, -0.2) is 31.2 Å². The molecule has 2 rings (SSSR count). The maximum Gasteiger partial charge on any atom is 0.0642 e. The van der Waals surface area contributed by atoms with Crippen molar-refractivity contribution < 1.29 is 4.74 Å². The van der Waals surface area contributed by atoms with Crippen LogP contribution in [-0.2, 0) is 4.74 Å². The number of hydrogen-bond acceptors (Lipinski definition) is 3. The molecule has 0 amide bonds. The summed E-state index contributed by atoms with van der Waals surface area (Å²) in [4.78, 5) is 4.64. The number of nitrogens with zero attached hydrogens (tertiary/aromatic N) is 1. The Morgan fingerprint density at radius 2 is 1.81 bits per heavy atom. The zero-order chi connectivity index (χ0) is 15.1. The van der Waals surface area contributed by atoms with Gasteiger partial charge in [-0.15, -0.1) is 0 Å². The van der Waals surface area contributed by atoms with Gasteiger partial charge in [0, 0.05) is 28.6 Å². The summed E-state index contributed by atoms with van der Waals surface area (Å²) in [6.45, 7) is 11.9. The van der Waals surface area contributed by atoms with Gasteiger partial charge in [0.25, 0.3) is 0 Å². The Morgan fingerprint density at radius 3 is 2.43 bits per heavy atom. The van der Waals surface area contributed by atoms with Gasteiger partial charge in [0.05, 0.1) is 13.2 Å². The molecule has 21 heavy (non-hydrogen) atoms. The second-order valence-electron chi connectivity index (χ2n) is 5.27. The summed E-state index contributed by atoms with van der Waals surface area (Å²) in [6, 6.07) is 10.4. The van der Waals surface area contributed by atoms with Crippen LogP contribution in [0.5, 0.6) is 0 Å². The summed E-state index contributed by atoms with van der Waals surface area (Å²) in [7, 11) is 0. The van der Waals surface area contributed by atoms with Crippen molar-refractivity contribution in [1.29, 1.82) is 0 Å². The lowest BCUT2D eigenvalue weighted by molar-refractivity contribution is 0.0553. The van der Waals surface area contributed by atoms with Crippen LogP contribution in [0, 0.1) is 0 Å². The van der Waals surface area contributed by atoms with Crippen LogP contribution in [0.3, 0.4) is 0 Å². The molecular formula is C18H23NOS. The molecule has 1 aliphatic rings. The van der Waals surface area contributed by atoms with Crippen molar-refractivity contribution in [2.45, 2.75) is 18.7 Å². The van der Waals surface area contributed by atoms with E-state index in [1.807, 2.05) is 6.07 Å². The summed E-state index contributed by atoms with van der Waals surface area (Å²) in [6.07, 6.45) is 4.40. The van der Waals surface area contributed by atoms with E-state index in [0.29, 0.717) is 0 Å². The van der Waals surface area contributed by atoms with Crippen molar-refractivity contribution in [3.8, 4) is 0 Å². The fourth-order valence-corrected chi connectivity index (χ4v) is 2.95. The summed E-state index contributed by atoms with van der Waals surface area (Å²) in [5.41, 5.74) is 2.52. The molecule has 0 unspecified atom stereocenters. The van der Waals surface area contributed by atoms with Gasteiger partial charge in [-0.25, -0.2) is 0 Å². The Kier molecular flexibility index (Phi) is 6.15. The molecule has 1 aromatic rings. The minimum atomic E-state index is 0.798. The van der Waals surface area contributed by atoms with Crippen molar-refractivity contribution in [3.63, 3.8) is 0 Å². The highest BCUT2D eigenvalue weighted by molar-refractivity contribution is 8.03. The minimum absolute atomic E-state index is 0.798. The third kappa shape index (κ3) is 5.44. The van der Waals surface area contributed by atoms with Crippen molar-refractivity contribution in [1.82, 2.24) is 4.90 Å². The molecule has 0 saturated carbocycles. The van der Waals surface area contributed by atoms with E-state index < -0.39 is 0 Å². The topological polar surface area (TPSA) is 12.5 Å². The lowest BCUT2D eigenvalue weighted by Crippen LogP contribution is -2.35. The molecule has 1 fully saturated rings. The first kappa shape index (κ1) is 15.9. The van der Waals surface area contributed by atoms with E-state index in [1.165, 1.54) is 16.2 Å². The third-order valence-electron chi connectivity index (χ3n) is 3.11. The molecule has 0 bridgehead atoms. The van der Waals surface area contributed by atoms with E-state index in [2.05, 4.69) is 61.7 Å². The predicted octanol–water partition coefficient (Wildman–Crippen LogP) is 4.47. The highest BCUT2D eigenvalue weighted by Gasteiger charge is 2.12. The monoisotopic (exact) mass is 301 g/mol. The summed E-state index contributed by atoms with van der Waals surface area (Å²) in [5.74, 6) is 0. The van der Waals surface area contributed by atoms with Gasteiger partial charge < -0.3 is 9.64 Å². The Bertz CT molecular complexity index is 523. The standard InChI is InChI=1S/C18H23NOS/c1-15(2)13-17(19-9-11-20-12-10-19)14-16(3)21-18-7-5-4-6-8-18/h4-8,13-14H,3,9-12H2,1-2H3/b17-14+. The number of benzene rings is 1. The molecule has 112 valence electrons. The first-order valence-corrected chi connectivity index (χ1v) is 8.08. The van der Waals surface area contributed by atoms with Gasteiger partial charge in [-0.1, -0.05) is 42.1 Å². The van der Waals surface area contributed by atoms with E-state index in [-0.39, 0.29) is 0 Å². The fraction of sp³-hybridized carbons (Fsp3) is 0.333. The van der Waals surface area contributed by atoms with Gasteiger partial charge in [0.15, 0.2) is 0 Å². The number of ether oxygens (including phenoxy) is 1. The largest absolute Gasteiger partial charge is 0.378 e. The smallest absolute Gasteiger partial charge is 0.0642 e. The van der Waals surface area contributed by atoms with Crippen LogP contribution in [0.1, 0.15) is 13.8 Å². The van der Waals surface area contributed by atoms with Gasteiger partial charge in [0.2, 0.25) is 0 Å². The fourth-order valence-electron chi connectivity index (χ4n) is 2.18. The molecule has 0 N–H and O–H groups in total. The van der Waals surface area contributed by atoms with Crippen LogP contribution < -0.4 is 0 Å². The second-order valence-corrected chi connectivity index (χ2v) is 6.47. The Labute approximate surface area is 132 Å².